The van der Waals surface area contributed by atoms with Crippen LogP contribution in [0.4, 0.5) is 10.3 Å². The second kappa shape index (κ2) is 7.73. The van der Waals surface area contributed by atoms with Gasteiger partial charge < -0.3 is 11.1 Å². The molecule has 0 aliphatic heterocycles. The lowest BCUT2D eigenvalue weighted by Gasteiger charge is -2.11. The molecule has 3 N–H and O–H groups in total. The van der Waals surface area contributed by atoms with Crippen molar-refractivity contribution < 1.29 is 4.79 Å². The van der Waals surface area contributed by atoms with Crippen LogP contribution in [0, 0.1) is 0 Å². The molecule has 24 heavy (non-hydrogen) atoms. The molecule has 2 aromatic heterocycles. The third kappa shape index (κ3) is 4.11. The molecule has 3 rings (SSSR count). The first-order valence-corrected chi connectivity index (χ1v) is 9.80. The molecule has 1 atom stereocenters. The number of rotatable bonds is 6. The number of aromatic nitrogens is 3. The van der Waals surface area contributed by atoms with Crippen molar-refractivity contribution in [3.63, 3.8) is 0 Å². The summed E-state index contributed by atoms with van der Waals surface area (Å²) in [7, 11) is 0. The van der Waals surface area contributed by atoms with Crippen LogP contribution in [0.15, 0.2) is 40.1 Å². The molecule has 124 valence electrons. The summed E-state index contributed by atoms with van der Waals surface area (Å²) >= 11 is 4.07. The van der Waals surface area contributed by atoms with E-state index in [2.05, 4.69) is 20.5 Å². The molecule has 1 aromatic carbocycles. The number of hydrogen-bond acceptors (Lipinski definition) is 8. The maximum absolute atomic E-state index is 12.5. The Morgan fingerprint density at radius 2 is 2.12 bits per heavy atom. The Hall–Kier alpha value is -1.97. The first kappa shape index (κ1) is 16.9. The minimum atomic E-state index is -0.263. The van der Waals surface area contributed by atoms with E-state index in [1.165, 1.54) is 34.4 Å². The van der Waals surface area contributed by atoms with Crippen LogP contribution in [0.3, 0.4) is 0 Å². The lowest BCUT2D eigenvalue weighted by Crippen LogP contribution is -2.24. The second-order valence-corrected chi connectivity index (χ2v) is 8.13. The van der Waals surface area contributed by atoms with Gasteiger partial charge in [0.1, 0.15) is 0 Å². The van der Waals surface area contributed by atoms with Gasteiger partial charge in [0.15, 0.2) is 9.47 Å². The first-order chi connectivity index (χ1) is 11.7. The predicted molar refractivity (Wildman–Crippen MR) is 100 cm³/mol. The van der Waals surface area contributed by atoms with Crippen LogP contribution >= 0.6 is 34.4 Å². The number of nitrogens with zero attached hydrogens (tertiary/aromatic N) is 3. The quantitative estimate of drug-likeness (QED) is 0.635. The largest absolute Gasteiger partial charge is 0.374 e. The van der Waals surface area contributed by atoms with Crippen LogP contribution in [0.5, 0.6) is 0 Å². The summed E-state index contributed by atoms with van der Waals surface area (Å²) in [6, 6.07) is 9.87. The van der Waals surface area contributed by atoms with E-state index in [9.17, 15) is 4.79 Å². The molecule has 9 heteroatoms. The van der Waals surface area contributed by atoms with E-state index in [-0.39, 0.29) is 11.2 Å². The maximum atomic E-state index is 12.5. The van der Waals surface area contributed by atoms with Crippen LogP contribution < -0.4 is 11.1 Å². The van der Waals surface area contributed by atoms with Crippen LogP contribution in [0.25, 0.3) is 11.3 Å². The number of nitrogen functional groups attached to an aromatic ring is 1. The highest BCUT2D eigenvalue weighted by molar-refractivity contribution is 8.02. The van der Waals surface area contributed by atoms with Gasteiger partial charge in [0.2, 0.25) is 11.0 Å². The molecule has 0 spiro atoms. The van der Waals surface area contributed by atoms with E-state index in [1.54, 1.807) is 0 Å². The summed E-state index contributed by atoms with van der Waals surface area (Å²) in [5.41, 5.74) is 7.46. The highest BCUT2D eigenvalue weighted by atomic mass is 32.2. The monoisotopic (exact) mass is 377 g/mol. The highest BCUT2D eigenvalue weighted by Gasteiger charge is 2.21. The lowest BCUT2D eigenvalue weighted by atomic mass is 10.2. The standard InChI is InChI=1S/C15H15N5OS3/c1-2-11(23-15-20-19-13(16)24-15)12(21)18-14-17-10(8-22-14)9-6-4-3-5-7-9/h3-8,11H,2H2,1H3,(H2,16,19)(H,17,18,21)/t11-/m1/s1. The minimum absolute atomic E-state index is 0.0924. The van der Waals surface area contributed by atoms with Crippen molar-refractivity contribution in [3.8, 4) is 11.3 Å². The van der Waals surface area contributed by atoms with E-state index < -0.39 is 0 Å². The van der Waals surface area contributed by atoms with Crippen molar-refractivity contribution >= 4 is 50.6 Å². The van der Waals surface area contributed by atoms with Gasteiger partial charge in [-0.05, 0) is 6.42 Å². The minimum Gasteiger partial charge on any atom is -0.374 e. The Kier molecular flexibility index (Phi) is 5.44. The van der Waals surface area contributed by atoms with Crippen molar-refractivity contribution in [3.05, 3.63) is 35.7 Å². The molecule has 0 saturated carbocycles. The number of anilines is 2. The summed E-state index contributed by atoms with van der Waals surface area (Å²) in [6.45, 7) is 1.96. The normalized spacial score (nSPS) is 12.0. The van der Waals surface area contributed by atoms with Crippen molar-refractivity contribution in [2.75, 3.05) is 11.1 Å². The summed E-state index contributed by atoms with van der Waals surface area (Å²) in [4.78, 5) is 16.9. The molecular weight excluding hydrogens is 362 g/mol. The molecule has 1 amide bonds. The average molecular weight is 378 g/mol. The Labute approximate surface area is 151 Å². The maximum Gasteiger partial charge on any atom is 0.239 e. The van der Waals surface area contributed by atoms with E-state index in [0.717, 1.165) is 11.3 Å². The zero-order chi connectivity index (χ0) is 16.9. The molecule has 0 unspecified atom stereocenters. The number of nitrogens with one attached hydrogen (secondary N) is 1. The molecule has 6 nitrogen and oxygen atoms in total. The summed E-state index contributed by atoms with van der Waals surface area (Å²) in [6.07, 6.45) is 0.674. The Bertz CT molecular complexity index is 817. The van der Waals surface area contributed by atoms with Crippen LogP contribution in [0.1, 0.15) is 13.3 Å². The number of carbonyl (C=O) groups excluding carboxylic acids is 1. The van der Waals surface area contributed by atoms with Crippen molar-refractivity contribution in [2.45, 2.75) is 22.9 Å². The van der Waals surface area contributed by atoms with Crippen LogP contribution in [-0.4, -0.2) is 26.3 Å². The fraction of sp³-hybridized carbons (Fsp3) is 0.200. The summed E-state index contributed by atoms with van der Waals surface area (Å²) in [5, 5.41) is 13.3. The Morgan fingerprint density at radius 3 is 2.79 bits per heavy atom. The Morgan fingerprint density at radius 1 is 1.33 bits per heavy atom. The Balaban J connectivity index is 1.66. The summed E-state index contributed by atoms with van der Waals surface area (Å²) in [5.74, 6) is -0.0924. The van der Waals surface area contributed by atoms with Crippen LogP contribution in [0.2, 0.25) is 0 Å². The second-order valence-electron chi connectivity index (χ2n) is 4.81. The van der Waals surface area contributed by atoms with E-state index in [1.807, 2.05) is 42.6 Å². The number of thiazole rings is 1. The fourth-order valence-electron chi connectivity index (χ4n) is 1.97. The highest BCUT2D eigenvalue weighted by Crippen LogP contribution is 2.30. The fourth-order valence-corrected chi connectivity index (χ4v) is 4.50. The van der Waals surface area contributed by atoms with Crippen molar-refractivity contribution in [1.29, 1.82) is 0 Å². The number of thioether (sulfide) groups is 1. The molecule has 0 saturated heterocycles. The van der Waals surface area contributed by atoms with Gasteiger partial charge in [0, 0.05) is 10.9 Å². The van der Waals surface area contributed by atoms with Crippen molar-refractivity contribution in [1.82, 2.24) is 15.2 Å². The van der Waals surface area contributed by atoms with E-state index in [4.69, 9.17) is 5.73 Å². The van der Waals surface area contributed by atoms with Gasteiger partial charge in [-0.3, -0.25) is 4.79 Å². The van der Waals surface area contributed by atoms with Gasteiger partial charge in [0.25, 0.3) is 0 Å². The zero-order valence-corrected chi connectivity index (χ0v) is 15.3. The van der Waals surface area contributed by atoms with Crippen molar-refractivity contribution in [2.24, 2.45) is 0 Å². The number of hydrogen-bond donors (Lipinski definition) is 2. The van der Waals surface area contributed by atoms with Gasteiger partial charge in [-0.15, -0.1) is 21.5 Å². The predicted octanol–water partition coefficient (Wildman–Crippen LogP) is 3.75. The molecule has 0 bridgehead atoms. The van der Waals surface area contributed by atoms with E-state index >= 15 is 0 Å². The number of amides is 1. The van der Waals surface area contributed by atoms with Gasteiger partial charge in [-0.1, -0.05) is 60.4 Å². The first-order valence-electron chi connectivity index (χ1n) is 7.23. The SMILES string of the molecule is CC[C@@H](Sc1nnc(N)s1)C(=O)Nc1nc(-c2ccccc2)cs1. The van der Waals surface area contributed by atoms with Gasteiger partial charge in [-0.2, -0.15) is 0 Å². The van der Waals surface area contributed by atoms with Crippen LogP contribution in [-0.2, 0) is 4.79 Å². The van der Waals surface area contributed by atoms with Gasteiger partial charge >= 0.3 is 0 Å². The molecule has 0 aliphatic rings. The number of carbonyl (C=O) groups is 1. The summed E-state index contributed by atoms with van der Waals surface area (Å²) < 4.78 is 0.693. The van der Waals surface area contributed by atoms with E-state index in [0.29, 0.717) is 21.0 Å². The molecule has 3 aromatic rings. The molecule has 0 fully saturated rings. The molecule has 2 heterocycles. The molecule has 0 radical (unpaired) electrons. The molecule has 0 aliphatic carbocycles. The number of nitrogens with two attached hydrogens (primary N) is 1. The number of benzene rings is 1. The zero-order valence-electron chi connectivity index (χ0n) is 12.8. The van der Waals surface area contributed by atoms with Gasteiger partial charge in [0.05, 0.1) is 10.9 Å². The third-order valence-electron chi connectivity index (χ3n) is 3.13. The smallest absolute Gasteiger partial charge is 0.239 e. The average Bonchev–Trinajstić information content (AvgIpc) is 3.22. The van der Waals surface area contributed by atoms with Gasteiger partial charge in [-0.25, -0.2) is 4.98 Å². The third-order valence-corrected chi connectivity index (χ3v) is 6.09. The molecular formula is C15H15N5OS3. The lowest BCUT2D eigenvalue weighted by molar-refractivity contribution is -0.115. The topological polar surface area (TPSA) is 93.8 Å².